The Balaban J connectivity index is 0.0000112. The molecule has 0 unspecified atom stereocenters. The van der Waals surface area contributed by atoms with Crippen LogP contribution < -0.4 is 80.1 Å². The Hall–Kier alpha value is -3.87. The van der Waals surface area contributed by atoms with Gasteiger partial charge in [-0.15, -0.1) is 0 Å². The van der Waals surface area contributed by atoms with E-state index in [0.717, 1.165) is 10.5 Å². The number of carboxylic acid groups (broad SMARTS) is 2. The number of benzene rings is 3. The number of carbonyl (C=O) groups excluding carboxylic acids is 8. The standard InChI is InChI=1S/C50H65N8O20S.Gd.2Na/c59-31-39-6-8-41(9-7-39)42-10-12-43(13-11-42)79(71,72)58(44(48(66)52-70)16-17-51-50(69)77-32-40-4-2-1-3-5-40)78-29-28-73-27-26-53-18-24-57(25-19-53)46(63)15-14-45(49(67)68)56(22-20-54(30-47(64)65)33-74-36-60)23-21-55(34-75-37-61)35-76-38-62;;;/h1-13,44-45,59,70H,14-35H2,(H,51,69)(H,52,66)(H,64,65)(H,67,68);;;/q-3;+3;2*+1/p-2/t44-,45-;;;/m1.../s1. The van der Waals surface area contributed by atoms with Crippen LogP contribution >= 0.6 is 0 Å². The van der Waals surface area contributed by atoms with Crippen molar-refractivity contribution in [3.8, 4) is 11.1 Å². The molecular formula is C50H63GdN8Na2O20S. The Morgan fingerprint density at radius 3 is 1.83 bits per heavy atom. The molecule has 1 aliphatic heterocycles. The summed E-state index contributed by atoms with van der Waals surface area (Å²) in [4.78, 5) is 108. The number of nitrogens with zero attached hydrogens (tertiary/aromatic N) is 6. The van der Waals surface area contributed by atoms with E-state index in [0.29, 0.717) is 40.8 Å². The largest absolute Gasteiger partial charge is 3.00 e. The van der Waals surface area contributed by atoms with Gasteiger partial charge in [0.25, 0.3) is 15.9 Å². The predicted octanol–water partition coefficient (Wildman–Crippen LogP) is -9.19. The van der Waals surface area contributed by atoms with E-state index in [-0.39, 0.29) is 201 Å². The van der Waals surface area contributed by atoms with E-state index in [9.17, 15) is 67.3 Å². The molecular weight excluding hydrogens is 1270 g/mol. The fourth-order valence-corrected chi connectivity index (χ4v) is 9.41. The van der Waals surface area contributed by atoms with Gasteiger partial charge in [0.1, 0.15) is 32.8 Å². The molecule has 3 aromatic carbocycles. The van der Waals surface area contributed by atoms with Crippen LogP contribution in [0.5, 0.6) is 0 Å². The number of amides is 3. The number of carboxylic acids is 2. The zero-order valence-electron chi connectivity index (χ0n) is 45.4. The molecule has 3 amide bonds. The molecule has 0 aliphatic carbocycles. The van der Waals surface area contributed by atoms with Crippen LogP contribution in [0.4, 0.5) is 4.79 Å². The molecule has 439 valence electrons. The molecule has 0 spiro atoms. The van der Waals surface area contributed by atoms with Crippen molar-refractivity contribution in [1.29, 1.82) is 0 Å². The van der Waals surface area contributed by atoms with Crippen molar-refractivity contribution in [3.05, 3.63) is 90.0 Å². The second-order valence-corrected chi connectivity index (χ2v) is 19.2. The number of alkyl carbamates (subject to hydrolysis) is 1. The number of ether oxygens (including phenoxy) is 5. The number of carbonyl (C=O) groups is 5. The quantitative estimate of drug-likeness (QED) is 0.00781. The van der Waals surface area contributed by atoms with Gasteiger partial charge in [0.2, 0.25) is 5.91 Å². The average Bonchev–Trinajstić information content (AvgIpc) is 3.66. The number of aliphatic carboxylic acids is 2. The molecule has 4 rings (SSSR count). The maximum absolute atomic E-state index is 14.3. The number of nitrogens with one attached hydrogen (secondary N) is 2. The number of hydrogen-bond donors (Lipinski definition) is 4. The smallest absolute Gasteiger partial charge is 0.642 e. The van der Waals surface area contributed by atoms with Crippen LogP contribution in [0, 0.1) is 39.9 Å². The minimum Gasteiger partial charge on any atom is -0.642 e. The third-order valence-electron chi connectivity index (χ3n) is 12.2. The van der Waals surface area contributed by atoms with E-state index in [1.54, 1.807) is 71.6 Å². The van der Waals surface area contributed by atoms with Crippen LogP contribution in [0.25, 0.3) is 11.1 Å². The van der Waals surface area contributed by atoms with Crippen molar-refractivity contribution in [3.63, 3.8) is 0 Å². The first-order valence-electron chi connectivity index (χ1n) is 24.6. The maximum atomic E-state index is 14.3. The van der Waals surface area contributed by atoms with E-state index in [2.05, 4.69) is 19.5 Å². The molecule has 1 heterocycles. The molecule has 4 N–H and O–H groups in total. The maximum Gasteiger partial charge on any atom is 3.00 e. The Bertz CT molecular complexity index is 2480. The molecule has 82 heavy (non-hydrogen) atoms. The molecule has 32 heteroatoms. The van der Waals surface area contributed by atoms with Gasteiger partial charge < -0.3 is 73.2 Å². The molecule has 28 nitrogen and oxygen atoms in total. The number of hydroxylamine groups is 2. The van der Waals surface area contributed by atoms with Crippen LogP contribution in [-0.4, -0.2) is 221 Å². The van der Waals surface area contributed by atoms with Crippen molar-refractivity contribution in [2.75, 3.05) is 112 Å². The van der Waals surface area contributed by atoms with E-state index in [1.165, 1.54) is 46.8 Å². The Morgan fingerprint density at radius 1 is 0.707 bits per heavy atom. The number of rotatable bonds is 40. The third kappa shape index (κ3) is 27.4. The fourth-order valence-electron chi connectivity index (χ4n) is 7.97. The summed E-state index contributed by atoms with van der Waals surface area (Å²) in [6, 6.07) is 18.4. The summed E-state index contributed by atoms with van der Waals surface area (Å²) in [7, 11) is -4.66. The van der Waals surface area contributed by atoms with Crippen LogP contribution in [0.1, 0.15) is 30.4 Å². The summed E-state index contributed by atoms with van der Waals surface area (Å²) in [5, 5.41) is 45.5. The molecule has 3 aromatic rings. The minimum absolute atomic E-state index is 0. The summed E-state index contributed by atoms with van der Waals surface area (Å²) in [6.45, 7) is 1.86. The van der Waals surface area contributed by atoms with Gasteiger partial charge in [0.05, 0.1) is 43.3 Å². The van der Waals surface area contributed by atoms with Gasteiger partial charge in [0.15, 0.2) is 0 Å². The van der Waals surface area contributed by atoms with Crippen molar-refractivity contribution < 1.29 is 195 Å². The number of sulfonamides is 1. The van der Waals surface area contributed by atoms with Gasteiger partial charge in [-0.3, -0.25) is 34.3 Å². The zero-order chi connectivity index (χ0) is 57.4. The SMILES string of the molecule is O=[C-]OCN(CCN(CCN(CO[C-]=O)CC(=O)[O-])[C@H](CCC(=O)N1CCN(CCOCCON([C@H](CCNC(=O)OCc2ccccc2)C(=O)NO)S(=O)(=O)c2ccc(-c3ccc(CO)cc3)cc2)CC1)C(=O)[O-])CO[C-]=O.[Gd+3].[Na+].[Na+]. The van der Waals surface area contributed by atoms with Crippen LogP contribution in [-0.2, 0) is 85.3 Å². The van der Waals surface area contributed by atoms with E-state index in [1.807, 2.05) is 4.90 Å². The first kappa shape index (κ1) is 76.1. The van der Waals surface area contributed by atoms with Gasteiger partial charge in [-0.1, -0.05) is 90.6 Å². The molecule has 2 atom stereocenters. The topological polar surface area (TPSA) is 356 Å². The normalized spacial score (nSPS) is 13.1. The van der Waals surface area contributed by atoms with Crippen LogP contribution in [0.15, 0.2) is 83.8 Å². The Morgan fingerprint density at radius 2 is 1.28 bits per heavy atom. The monoisotopic (exact) mass is 1330 g/mol. The van der Waals surface area contributed by atoms with Gasteiger partial charge in [-0.05, 0) is 47.2 Å². The Kier molecular flexibility index (Phi) is 39.8. The molecule has 0 bridgehead atoms. The third-order valence-corrected chi connectivity index (χ3v) is 13.9. The number of piperazine rings is 1. The van der Waals surface area contributed by atoms with Crippen LogP contribution in [0.2, 0.25) is 0 Å². The summed E-state index contributed by atoms with van der Waals surface area (Å²) >= 11 is 0. The van der Waals surface area contributed by atoms with E-state index < -0.39 is 79.4 Å². The molecule has 0 saturated carbocycles. The van der Waals surface area contributed by atoms with Crippen LogP contribution in [0.3, 0.4) is 0 Å². The number of hydrogen-bond acceptors (Lipinski definition) is 24. The van der Waals surface area contributed by atoms with Crippen molar-refractivity contribution in [2.24, 2.45) is 0 Å². The van der Waals surface area contributed by atoms with Gasteiger partial charge in [0, 0.05) is 84.5 Å². The van der Waals surface area contributed by atoms with Gasteiger partial charge in [-0.2, -0.15) is 0 Å². The molecule has 1 radical (unpaired) electrons. The number of aliphatic hydroxyl groups excluding tert-OH is 1. The van der Waals surface area contributed by atoms with Crippen molar-refractivity contribution in [2.45, 2.75) is 49.5 Å². The fraction of sp³-hybridized carbons (Fsp3) is 0.480. The first-order chi connectivity index (χ1) is 38.1. The van der Waals surface area contributed by atoms with E-state index in [4.69, 9.17) is 14.3 Å². The molecule has 1 aliphatic rings. The molecule has 0 aromatic heterocycles. The first-order valence-corrected chi connectivity index (χ1v) is 26.1. The minimum atomic E-state index is -4.66. The second kappa shape index (κ2) is 42.9. The summed E-state index contributed by atoms with van der Waals surface area (Å²) in [5.74, 6) is -4.60. The zero-order valence-corrected chi connectivity index (χ0v) is 52.5. The predicted molar refractivity (Wildman–Crippen MR) is 267 cm³/mol. The Labute approximate surface area is 551 Å². The molecule has 1 fully saturated rings. The van der Waals surface area contributed by atoms with Gasteiger partial charge in [-0.25, -0.2) is 23.6 Å². The van der Waals surface area contributed by atoms with Crippen molar-refractivity contribution in [1.82, 2.24) is 39.8 Å². The average molecular weight is 1330 g/mol. The van der Waals surface area contributed by atoms with Crippen molar-refractivity contribution >= 4 is 59.3 Å². The summed E-state index contributed by atoms with van der Waals surface area (Å²) in [6.07, 6.45) is -1.71. The summed E-state index contributed by atoms with van der Waals surface area (Å²) < 4.78 is 53.7. The second-order valence-electron chi connectivity index (χ2n) is 17.4. The van der Waals surface area contributed by atoms with E-state index >= 15 is 0 Å². The summed E-state index contributed by atoms with van der Waals surface area (Å²) in [5.41, 5.74) is 4.25. The molecule has 1 saturated heterocycles. The van der Waals surface area contributed by atoms with Gasteiger partial charge >= 0.3 is 105 Å². The number of aliphatic hydroxyl groups is 1.